The molecule has 0 N–H and O–H groups in total. The molecule has 2 fully saturated rings. The highest BCUT2D eigenvalue weighted by Crippen LogP contribution is 2.44. The maximum atomic E-state index is 6.07. The lowest BCUT2D eigenvalue weighted by Crippen LogP contribution is -2.19. The second kappa shape index (κ2) is 7.89. The van der Waals surface area contributed by atoms with Crippen molar-refractivity contribution in [2.45, 2.75) is 70.1 Å². The monoisotopic (exact) mass is 371 g/mol. The zero-order valence-electron chi connectivity index (χ0n) is 16.5. The summed E-state index contributed by atoms with van der Waals surface area (Å²) in [5.74, 6) is 3.86. The van der Waals surface area contributed by atoms with Crippen LogP contribution in [0.15, 0.2) is 18.2 Å². The van der Waals surface area contributed by atoms with Gasteiger partial charge in [0.15, 0.2) is 17.3 Å². The molecule has 27 heavy (non-hydrogen) atoms. The van der Waals surface area contributed by atoms with Crippen molar-refractivity contribution in [2.24, 2.45) is 0 Å². The van der Waals surface area contributed by atoms with E-state index >= 15 is 0 Å². The van der Waals surface area contributed by atoms with E-state index in [-0.39, 0.29) is 0 Å². The molecule has 6 heteroatoms. The lowest BCUT2D eigenvalue weighted by Gasteiger charge is -2.18. The maximum absolute atomic E-state index is 6.07. The van der Waals surface area contributed by atoms with Gasteiger partial charge in [0.25, 0.3) is 0 Å². The SMILES string of the molecule is CCCCn1nc(Cc2ccc(OC)c(OC)c2)nc1[C@@H]1C[C@@H]2CC[C@H]1O2. The highest BCUT2D eigenvalue weighted by molar-refractivity contribution is 5.43. The summed E-state index contributed by atoms with van der Waals surface area (Å²) in [5.41, 5.74) is 1.12. The molecule has 0 unspecified atom stereocenters. The third kappa shape index (κ3) is 3.68. The van der Waals surface area contributed by atoms with E-state index in [1.54, 1.807) is 14.2 Å². The van der Waals surface area contributed by atoms with Gasteiger partial charge in [0.05, 0.1) is 26.4 Å². The van der Waals surface area contributed by atoms with Gasteiger partial charge in [-0.25, -0.2) is 9.67 Å². The van der Waals surface area contributed by atoms with E-state index in [0.29, 0.717) is 24.5 Å². The van der Waals surface area contributed by atoms with Gasteiger partial charge >= 0.3 is 0 Å². The van der Waals surface area contributed by atoms with Crippen LogP contribution < -0.4 is 9.47 Å². The Kier molecular flexibility index (Phi) is 5.34. The predicted octanol–water partition coefficient (Wildman–Crippen LogP) is 3.72. The van der Waals surface area contributed by atoms with Crippen molar-refractivity contribution in [3.63, 3.8) is 0 Å². The van der Waals surface area contributed by atoms with E-state index in [1.807, 2.05) is 12.1 Å². The minimum Gasteiger partial charge on any atom is -0.493 e. The highest BCUT2D eigenvalue weighted by Gasteiger charge is 2.43. The van der Waals surface area contributed by atoms with Gasteiger partial charge < -0.3 is 14.2 Å². The Morgan fingerprint density at radius 2 is 2.04 bits per heavy atom. The number of unbranched alkanes of at least 4 members (excludes halogenated alkanes) is 1. The van der Waals surface area contributed by atoms with Crippen LogP contribution in [0.25, 0.3) is 0 Å². The zero-order valence-corrected chi connectivity index (χ0v) is 16.5. The van der Waals surface area contributed by atoms with Crippen molar-refractivity contribution in [1.82, 2.24) is 14.8 Å². The summed E-state index contributed by atoms with van der Waals surface area (Å²) in [6.07, 6.45) is 7.15. The summed E-state index contributed by atoms with van der Waals surface area (Å²) < 4.78 is 19.0. The van der Waals surface area contributed by atoms with E-state index in [1.165, 1.54) is 6.42 Å². The van der Waals surface area contributed by atoms with Gasteiger partial charge in [-0.3, -0.25) is 0 Å². The van der Waals surface area contributed by atoms with E-state index in [9.17, 15) is 0 Å². The number of fused-ring (bicyclic) bond motifs is 2. The third-order valence-corrected chi connectivity index (χ3v) is 5.72. The second-order valence-electron chi connectivity index (χ2n) is 7.55. The number of hydrogen-bond acceptors (Lipinski definition) is 5. The van der Waals surface area contributed by atoms with Crippen LogP contribution in [0.1, 0.15) is 62.2 Å². The third-order valence-electron chi connectivity index (χ3n) is 5.72. The van der Waals surface area contributed by atoms with Gasteiger partial charge in [-0.2, -0.15) is 5.10 Å². The molecule has 3 heterocycles. The van der Waals surface area contributed by atoms with Crippen molar-refractivity contribution in [3.8, 4) is 11.5 Å². The minimum absolute atomic E-state index is 0.327. The van der Waals surface area contributed by atoms with Crippen LogP contribution in [0, 0.1) is 0 Å². The Balaban J connectivity index is 1.58. The lowest BCUT2D eigenvalue weighted by atomic mass is 9.88. The Morgan fingerprint density at radius 3 is 2.70 bits per heavy atom. The fraction of sp³-hybridized carbons (Fsp3) is 0.619. The lowest BCUT2D eigenvalue weighted by molar-refractivity contribution is 0.0994. The van der Waals surface area contributed by atoms with Gasteiger partial charge in [0.1, 0.15) is 5.82 Å². The molecule has 0 spiro atoms. The van der Waals surface area contributed by atoms with Crippen LogP contribution in [0.5, 0.6) is 11.5 Å². The van der Waals surface area contributed by atoms with Crippen molar-refractivity contribution < 1.29 is 14.2 Å². The molecule has 2 aliphatic heterocycles. The summed E-state index contributed by atoms with van der Waals surface area (Å²) in [7, 11) is 3.31. The van der Waals surface area contributed by atoms with Gasteiger partial charge in [0, 0.05) is 18.9 Å². The predicted molar refractivity (Wildman–Crippen MR) is 103 cm³/mol. The van der Waals surface area contributed by atoms with Crippen LogP contribution in [-0.2, 0) is 17.7 Å². The van der Waals surface area contributed by atoms with E-state index in [0.717, 1.165) is 60.9 Å². The number of aromatic nitrogens is 3. The molecule has 0 amide bonds. The second-order valence-corrected chi connectivity index (χ2v) is 7.55. The van der Waals surface area contributed by atoms with E-state index in [4.69, 9.17) is 24.3 Å². The number of benzene rings is 1. The Morgan fingerprint density at radius 1 is 1.19 bits per heavy atom. The quantitative estimate of drug-likeness (QED) is 0.708. The van der Waals surface area contributed by atoms with Gasteiger partial charge in [-0.05, 0) is 43.4 Å². The fourth-order valence-corrected chi connectivity index (χ4v) is 4.31. The first-order chi connectivity index (χ1) is 13.2. The summed E-state index contributed by atoms with van der Waals surface area (Å²) >= 11 is 0. The maximum Gasteiger partial charge on any atom is 0.161 e. The van der Waals surface area contributed by atoms with E-state index < -0.39 is 0 Å². The first kappa shape index (κ1) is 18.3. The zero-order chi connectivity index (χ0) is 18.8. The molecule has 2 bridgehead atoms. The first-order valence-corrected chi connectivity index (χ1v) is 10.0. The van der Waals surface area contributed by atoms with Crippen molar-refractivity contribution in [2.75, 3.05) is 14.2 Å². The topological polar surface area (TPSA) is 58.4 Å². The first-order valence-electron chi connectivity index (χ1n) is 10.0. The molecule has 0 aliphatic carbocycles. The minimum atomic E-state index is 0.327. The molecular weight excluding hydrogens is 342 g/mol. The molecule has 2 saturated heterocycles. The number of nitrogens with zero attached hydrogens (tertiary/aromatic N) is 3. The molecule has 6 nitrogen and oxygen atoms in total. The standard InChI is InChI=1S/C21H29N3O3/c1-4-5-10-24-21(16-13-15-7-9-17(16)27-15)22-20(23-24)12-14-6-8-18(25-2)19(11-14)26-3/h6,8,11,15-17H,4-5,7,9-10,12-13H2,1-3H3/t15-,16+,17+/m0/s1. The molecule has 0 radical (unpaired) electrons. The Hall–Kier alpha value is -2.08. The largest absolute Gasteiger partial charge is 0.493 e. The molecule has 2 aromatic rings. The molecular formula is C21H29N3O3. The summed E-state index contributed by atoms with van der Waals surface area (Å²) in [4.78, 5) is 4.96. The van der Waals surface area contributed by atoms with Crippen molar-refractivity contribution >= 4 is 0 Å². The average molecular weight is 371 g/mol. The summed E-state index contributed by atoms with van der Waals surface area (Å²) in [5, 5.41) is 4.85. The number of aryl methyl sites for hydroxylation is 1. The fourth-order valence-electron chi connectivity index (χ4n) is 4.31. The molecule has 3 atom stereocenters. The average Bonchev–Trinajstić information content (AvgIpc) is 3.41. The van der Waals surface area contributed by atoms with Crippen molar-refractivity contribution in [1.29, 1.82) is 0 Å². The van der Waals surface area contributed by atoms with Crippen molar-refractivity contribution in [3.05, 3.63) is 35.4 Å². The Bertz CT molecular complexity index is 789. The van der Waals surface area contributed by atoms with Crippen LogP contribution in [-0.4, -0.2) is 41.2 Å². The molecule has 2 aliphatic rings. The van der Waals surface area contributed by atoms with Gasteiger partial charge in [0.2, 0.25) is 0 Å². The number of ether oxygens (including phenoxy) is 3. The summed E-state index contributed by atoms with van der Waals surface area (Å²) in [6, 6.07) is 5.99. The molecule has 1 aromatic carbocycles. The number of rotatable bonds is 8. The smallest absolute Gasteiger partial charge is 0.161 e. The molecule has 4 rings (SSSR count). The summed E-state index contributed by atoms with van der Waals surface area (Å²) in [6.45, 7) is 3.14. The van der Waals surface area contributed by atoms with Gasteiger partial charge in [-0.1, -0.05) is 19.4 Å². The number of hydrogen-bond donors (Lipinski definition) is 0. The van der Waals surface area contributed by atoms with Crippen LogP contribution >= 0.6 is 0 Å². The molecule has 146 valence electrons. The van der Waals surface area contributed by atoms with E-state index in [2.05, 4.69) is 17.7 Å². The number of methoxy groups -OCH3 is 2. The normalized spacial score (nSPS) is 23.7. The van der Waals surface area contributed by atoms with Crippen LogP contribution in [0.4, 0.5) is 0 Å². The highest BCUT2D eigenvalue weighted by atomic mass is 16.5. The Labute approximate surface area is 160 Å². The van der Waals surface area contributed by atoms with Crippen LogP contribution in [0.2, 0.25) is 0 Å². The van der Waals surface area contributed by atoms with Gasteiger partial charge in [-0.15, -0.1) is 0 Å². The molecule has 0 saturated carbocycles. The van der Waals surface area contributed by atoms with Crippen LogP contribution in [0.3, 0.4) is 0 Å². The molecule has 1 aromatic heterocycles.